The minimum atomic E-state index is 0.454. The third-order valence-corrected chi connectivity index (χ3v) is 5.95. The summed E-state index contributed by atoms with van der Waals surface area (Å²) in [5, 5.41) is 0. The van der Waals surface area contributed by atoms with Crippen molar-refractivity contribution in [2.45, 2.75) is 44.7 Å². The molecule has 0 spiro atoms. The van der Waals surface area contributed by atoms with Gasteiger partial charge in [0, 0.05) is 0 Å². The molecule has 2 aliphatic heterocycles. The summed E-state index contributed by atoms with van der Waals surface area (Å²) in [6.45, 7) is 4.97. The van der Waals surface area contributed by atoms with Crippen molar-refractivity contribution in [2.24, 2.45) is 0 Å². The third-order valence-electron chi connectivity index (χ3n) is 5.95. The Labute approximate surface area is 164 Å². The fraction of sp³-hybridized carbons (Fsp3) is 0.440. The summed E-state index contributed by atoms with van der Waals surface area (Å²) in [6.07, 6.45) is 13.1. The van der Waals surface area contributed by atoms with Crippen molar-refractivity contribution in [2.75, 3.05) is 26.2 Å². The molecule has 0 bridgehead atoms. The highest BCUT2D eigenvalue weighted by molar-refractivity contribution is 5.69. The predicted octanol–water partition coefficient (Wildman–Crippen LogP) is 5.83. The molecule has 2 aromatic carbocycles. The highest BCUT2D eigenvalue weighted by Gasteiger charge is 2.28. The number of benzene rings is 2. The lowest BCUT2D eigenvalue weighted by molar-refractivity contribution is 0.0156. The fourth-order valence-corrected chi connectivity index (χ4v) is 4.56. The highest BCUT2D eigenvalue weighted by Crippen LogP contribution is 2.31. The van der Waals surface area contributed by atoms with Crippen LogP contribution in [0.5, 0.6) is 0 Å². The fourth-order valence-electron chi connectivity index (χ4n) is 4.56. The van der Waals surface area contributed by atoms with Crippen LogP contribution in [0, 0.1) is 0 Å². The van der Waals surface area contributed by atoms with E-state index >= 15 is 0 Å². The van der Waals surface area contributed by atoms with Crippen LogP contribution in [0.15, 0.2) is 54.6 Å². The average Bonchev–Trinajstić information content (AvgIpc) is 2.75. The second-order valence-electron chi connectivity index (χ2n) is 7.98. The summed E-state index contributed by atoms with van der Waals surface area (Å²) in [7, 11) is 0. The van der Waals surface area contributed by atoms with E-state index in [0.717, 1.165) is 0 Å². The third kappa shape index (κ3) is 4.88. The Kier molecular flexibility index (Phi) is 6.39. The Morgan fingerprint density at radius 1 is 0.593 bits per heavy atom. The molecule has 27 heavy (non-hydrogen) atoms. The normalized spacial score (nSPS) is 19.7. The molecule has 2 fully saturated rings. The zero-order chi connectivity index (χ0) is 18.3. The van der Waals surface area contributed by atoms with Gasteiger partial charge in [-0.1, -0.05) is 73.5 Å². The van der Waals surface area contributed by atoms with E-state index in [1.165, 1.54) is 81.4 Å². The van der Waals surface area contributed by atoms with Gasteiger partial charge in [0.05, 0.1) is 6.17 Å². The average molecular weight is 361 g/mol. The van der Waals surface area contributed by atoms with Crippen molar-refractivity contribution in [1.82, 2.24) is 9.80 Å². The molecule has 0 atom stereocenters. The van der Waals surface area contributed by atoms with Gasteiger partial charge in [-0.15, -0.1) is 0 Å². The van der Waals surface area contributed by atoms with E-state index in [0.29, 0.717) is 6.17 Å². The van der Waals surface area contributed by atoms with E-state index in [2.05, 4.69) is 76.5 Å². The molecule has 0 aliphatic carbocycles. The lowest BCUT2D eigenvalue weighted by atomic mass is 10.0. The minimum Gasteiger partial charge on any atom is -0.284 e. The summed E-state index contributed by atoms with van der Waals surface area (Å²) >= 11 is 0. The molecular formula is C25H32N2. The molecular weight excluding hydrogens is 328 g/mol. The molecule has 0 radical (unpaired) electrons. The largest absolute Gasteiger partial charge is 0.284 e. The van der Waals surface area contributed by atoms with E-state index in [9.17, 15) is 0 Å². The summed E-state index contributed by atoms with van der Waals surface area (Å²) in [5.41, 5.74) is 4.02. The van der Waals surface area contributed by atoms with Gasteiger partial charge in [-0.05, 0) is 74.6 Å². The summed E-state index contributed by atoms with van der Waals surface area (Å²) in [6, 6.07) is 19.8. The first kappa shape index (κ1) is 18.5. The lowest BCUT2D eigenvalue weighted by Crippen LogP contribution is -2.45. The summed E-state index contributed by atoms with van der Waals surface area (Å²) in [5.74, 6) is 0. The number of likely N-dealkylation sites (tertiary alicyclic amines) is 2. The van der Waals surface area contributed by atoms with Crippen molar-refractivity contribution < 1.29 is 0 Å². The van der Waals surface area contributed by atoms with Crippen LogP contribution in [0.2, 0.25) is 0 Å². The first-order chi connectivity index (χ1) is 13.4. The van der Waals surface area contributed by atoms with Gasteiger partial charge in [0.15, 0.2) is 0 Å². The van der Waals surface area contributed by atoms with Crippen LogP contribution in [0.4, 0.5) is 0 Å². The Bertz CT molecular complexity index is 707. The van der Waals surface area contributed by atoms with E-state index in [4.69, 9.17) is 0 Å². The van der Waals surface area contributed by atoms with Crippen LogP contribution >= 0.6 is 0 Å². The summed E-state index contributed by atoms with van der Waals surface area (Å²) < 4.78 is 0. The maximum Gasteiger partial charge on any atom is 0.0886 e. The second kappa shape index (κ2) is 9.34. The lowest BCUT2D eigenvalue weighted by Gasteiger charge is -2.43. The molecule has 0 unspecified atom stereocenters. The van der Waals surface area contributed by atoms with E-state index < -0.39 is 0 Å². The zero-order valence-corrected chi connectivity index (χ0v) is 16.4. The molecule has 0 aromatic heterocycles. The maximum absolute atomic E-state index is 2.73. The predicted molar refractivity (Wildman–Crippen MR) is 115 cm³/mol. The van der Waals surface area contributed by atoms with Gasteiger partial charge < -0.3 is 0 Å². The molecule has 0 amide bonds. The quantitative estimate of drug-likeness (QED) is 0.619. The van der Waals surface area contributed by atoms with Crippen molar-refractivity contribution in [1.29, 1.82) is 0 Å². The maximum atomic E-state index is 2.73. The van der Waals surface area contributed by atoms with Gasteiger partial charge in [0.2, 0.25) is 0 Å². The first-order valence-electron chi connectivity index (χ1n) is 10.7. The number of hydrogen-bond donors (Lipinski definition) is 0. The van der Waals surface area contributed by atoms with Gasteiger partial charge >= 0.3 is 0 Å². The van der Waals surface area contributed by atoms with Gasteiger partial charge in [-0.2, -0.15) is 0 Å². The molecule has 0 saturated carbocycles. The first-order valence-corrected chi connectivity index (χ1v) is 10.7. The van der Waals surface area contributed by atoms with E-state index in [1.807, 2.05) is 0 Å². The van der Waals surface area contributed by atoms with Crippen LogP contribution in [-0.2, 0) is 0 Å². The summed E-state index contributed by atoms with van der Waals surface area (Å²) in [4.78, 5) is 5.46. The SMILES string of the molecule is C(=Cc1cccc(C(N2CCCCC2)N2CCCCC2)c1)c1ccccc1. The topological polar surface area (TPSA) is 6.48 Å². The van der Waals surface area contributed by atoms with Crippen molar-refractivity contribution in [3.8, 4) is 0 Å². The molecule has 4 rings (SSSR count). The van der Waals surface area contributed by atoms with Crippen molar-refractivity contribution in [3.05, 3.63) is 71.3 Å². The molecule has 2 saturated heterocycles. The molecule has 142 valence electrons. The number of piperidine rings is 2. The van der Waals surface area contributed by atoms with Crippen LogP contribution in [0.3, 0.4) is 0 Å². The Balaban J connectivity index is 1.58. The van der Waals surface area contributed by atoms with Crippen molar-refractivity contribution >= 4 is 12.2 Å². The van der Waals surface area contributed by atoms with E-state index in [-0.39, 0.29) is 0 Å². The van der Waals surface area contributed by atoms with E-state index in [1.54, 1.807) is 0 Å². The minimum absolute atomic E-state index is 0.454. The molecule has 2 heterocycles. The molecule has 2 aromatic rings. The van der Waals surface area contributed by atoms with Gasteiger partial charge in [0.25, 0.3) is 0 Å². The Hall–Kier alpha value is -1.90. The molecule has 0 N–H and O–H groups in total. The smallest absolute Gasteiger partial charge is 0.0886 e. The molecule has 2 aliphatic rings. The van der Waals surface area contributed by atoms with Crippen LogP contribution in [-0.4, -0.2) is 36.0 Å². The monoisotopic (exact) mass is 360 g/mol. The highest BCUT2D eigenvalue weighted by atomic mass is 15.4. The number of nitrogens with zero attached hydrogens (tertiary/aromatic N) is 2. The van der Waals surface area contributed by atoms with Gasteiger partial charge in [-0.3, -0.25) is 9.80 Å². The Morgan fingerprint density at radius 2 is 1.15 bits per heavy atom. The molecule has 2 heteroatoms. The van der Waals surface area contributed by atoms with Gasteiger partial charge in [-0.25, -0.2) is 0 Å². The van der Waals surface area contributed by atoms with Crippen LogP contribution in [0.25, 0.3) is 12.2 Å². The number of hydrogen-bond acceptors (Lipinski definition) is 2. The standard InChI is InChI=1S/C25H32N2/c1-4-11-22(12-5-1)15-16-23-13-10-14-24(21-23)25(26-17-6-2-7-18-26)27-19-8-3-9-20-27/h1,4-5,10-16,21,25H,2-3,6-9,17-20H2. The van der Waals surface area contributed by atoms with Gasteiger partial charge in [0.1, 0.15) is 0 Å². The van der Waals surface area contributed by atoms with Crippen molar-refractivity contribution in [3.63, 3.8) is 0 Å². The Morgan fingerprint density at radius 3 is 1.78 bits per heavy atom. The van der Waals surface area contributed by atoms with Crippen LogP contribution in [0.1, 0.15) is 61.4 Å². The molecule has 2 nitrogen and oxygen atoms in total. The second-order valence-corrected chi connectivity index (χ2v) is 7.98. The number of rotatable bonds is 5. The zero-order valence-electron chi connectivity index (χ0n) is 16.4. The van der Waals surface area contributed by atoms with Crippen LogP contribution < -0.4 is 0 Å².